The third-order valence-electron chi connectivity index (χ3n) is 6.05. The third kappa shape index (κ3) is 7.81. The van der Waals surface area contributed by atoms with E-state index in [0.717, 1.165) is 16.5 Å². The van der Waals surface area contributed by atoms with Crippen LogP contribution in [0.4, 0.5) is 0 Å². The van der Waals surface area contributed by atoms with Gasteiger partial charge in [-0.2, -0.15) is 0 Å². The second kappa shape index (κ2) is 12.9. The SMILES string of the molecule is CCC(C)C(NC(=O)C(CC(C)C)NC(=O)CN)C(=O)NC(Cc1c[nH]c2ccccc12)C(=O)O. The molecule has 2 rings (SSSR count). The summed E-state index contributed by atoms with van der Waals surface area (Å²) in [6, 6.07) is 4.50. The van der Waals surface area contributed by atoms with E-state index in [9.17, 15) is 24.3 Å². The maximum absolute atomic E-state index is 13.2. The van der Waals surface area contributed by atoms with Gasteiger partial charge in [-0.25, -0.2) is 4.79 Å². The second-order valence-corrected chi connectivity index (χ2v) is 9.29. The van der Waals surface area contributed by atoms with Crippen LogP contribution in [0.15, 0.2) is 30.5 Å². The lowest BCUT2D eigenvalue weighted by molar-refractivity contribution is -0.142. The van der Waals surface area contributed by atoms with Crippen LogP contribution in [0.5, 0.6) is 0 Å². The van der Waals surface area contributed by atoms with Crippen LogP contribution in [0.3, 0.4) is 0 Å². The van der Waals surface area contributed by atoms with Crippen LogP contribution in [0.2, 0.25) is 0 Å². The first kappa shape index (κ1) is 27.8. The maximum atomic E-state index is 13.2. The molecular weight excluding hydrogens is 450 g/mol. The summed E-state index contributed by atoms with van der Waals surface area (Å²) < 4.78 is 0. The fourth-order valence-corrected chi connectivity index (χ4v) is 3.89. The molecule has 0 radical (unpaired) electrons. The molecule has 0 saturated heterocycles. The number of carbonyl (C=O) groups is 4. The molecular formula is C25H37N5O5. The molecule has 192 valence electrons. The van der Waals surface area contributed by atoms with E-state index < -0.39 is 41.8 Å². The Balaban J connectivity index is 2.19. The number of carbonyl (C=O) groups excluding carboxylic acids is 3. The van der Waals surface area contributed by atoms with E-state index in [2.05, 4.69) is 20.9 Å². The number of hydrogen-bond donors (Lipinski definition) is 6. The van der Waals surface area contributed by atoms with Crippen molar-refractivity contribution >= 4 is 34.6 Å². The average Bonchev–Trinajstić information content (AvgIpc) is 3.23. The zero-order chi connectivity index (χ0) is 26.1. The summed E-state index contributed by atoms with van der Waals surface area (Å²) in [5.74, 6) is -2.91. The number of hydrogen-bond acceptors (Lipinski definition) is 5. The monoisotopic (exact) mass is 487 g/mol. The Morgan fingerprint density at radius 3 is 2.29 bits per heavy atom. The largest absolute Gasteiger partial charge is 0.480 e. The molecule has 0 bridgehead atoms. The molecule has 0 aliphatic carbocycles. The van der Waals surface area contributed by atoms with Gasteiger partial charge in [0.05, 0.1) is 6.54 Å². The third-order valence-corrected chi connectivity index (χ3v) is 6.05. The Morgan fingerprint density at radius 1 is 1.00 bits per heavy atom. The number of para-hydroxylation sites is 1. The number of amides is 3. The van der Waals surface area contributed by atoms with Crippen molar-refractivity contribution in [2.45, 2.75) is 65.1 Å². The van der Waals surface area contributed by atoms with Crippen molar-refractivity contribution in [2.24, 2.45) is 17.6 Å². The first-order chi connectivity index (χ1) is 16.6. The number of nitrogens with two attached hydrogens (primary N) is 1. The van der Waals surface area contributed by atoms with E-state index in [-0.39, 0.29) is 24.8 Å². The van der Waals surface area contributed by atoms with Gasteiger partial charge >= 0.3 is 5.97 Å². The quantitative estimate of drug-likeness (QED) is 0.249. The zero-order valence-corrected chi connectivity index (χ0v) is 20.8. The molecule has 0 saturated carbocycles. The van der Waals surface area contributed by atoms with E-state index in [0.29, 0.717) is 12.8 Å². The number of nitrogens with one attached hydrogen (secondary N) is 4. The summed E-state index contributed by atoms with van der Waals surface area (Å²) in [5.41, 5.74) is 7.01. The van der Waals surface area contributed by atoms with Crippen molar-refractivity contribution < 1.29 is 24.3 Å². The first-order valence-electron chi connectivity index (χ1n) is 11.9. The molecule has 7 N–H and O–H groups in total. The highest BCUT2D eigenvalue weighted by Gasteiger charge is 2.32. The molecule has 10 nitrogen and oxygen atoms in total. The van der Waals surface area contributed by atoms with Gasteiger partial charge in [-0.3, -0.25) is 14.4 Å². The van der Waals surface area contributed by atoms with Crippen LogP contribution in [0.25, 0.3) is 10.9 Å². The lowest BCUT2D eigenvalue weighted by Gasteiger charge is -2.28. The molecule has 4 unspecified atom stereocenters. The molecule has 4 atom stereocenters. The van der Waals surface area contributed by atoms with Gasteiger partial charge in [0, 0.05) is 23.5 Å². The molecule has 35 heavy (non-hydrogen) atoms. The van der Waals surface area contributed by atoms with Crippen LogP contribution >= 0.6 is 0 Å². The Kier molecular flexibility index (Phi) is 10.3. The molecule has 0 fully saturated rings. The molecule has 1 heterocycles. The Morgan fingerprint density at radius 2 is 1.69 bits per heavy atom. The maximum Gasteiger partial charge on any atom is 0.326 e. The highest BCUT2D eigenvalue weighted by molar-refractivity contribution is 5.94. The number of aliphatic carboxylic acids is 1. The van der Waals surface area contributed by atoms with Crippen molar-refractivity contribution in [1.82, 2.24) is 20.9 Å². The summed E-state index contributed by atoms with van der Waals surface area (Å²) >= 11 is 0. The van der Waals surface area contributed by atoms with Crippen LogP contribution in [-0.2, 0) is 25.6 Å². The fraction of sp³-hybridized carbons (Fsp3) is 0.520. The predicted octanol–water partition coefficient (Wildman–Crippen LogP) is 1.30. The van der Waals surface area contributed by atoms with Crippen LogP contribution in [0, 0.1) is 11.8 Å². The summed E-state index contributed by atoms with van der Waals surface area (Å²) in [6.07, 6.45) is 2.75. The molecule has 0 spiro atoms. The van der Waals surface area contributed by atoms with Gasteiger partial charge in [-0.15, -0.1) is 0 Å². The highest BCUT2D eigenvalue weighted by Crippen LogP contribution is 2.19. The van der Waals surface area contributed by atoms with Crippen molar-refractivity contribution in [3.05, 3.63) is 36.0 Å². The summed E-state index contributed by atoms with van der Waals surface area (Å²) in [7, 11) is 0. The normalized spacial score (nSPS) is 14.7. The second-order valence-electron chi connectivity index (χ2n) is 9.29. The number of carboxylic acids is 1. The number of aromatic nitrogens is 1. The summed E-state index contributed by atoms with van der Waals surface area (Å²) in [4.78, 5) is 53.1. The first-order valence-corrected chi connectivity index (χ1v) is 11.9. The Labute approximate surface area is 205 Å². The molecule has 0 aliphatic rings. The lowest BCUT2D eigenvalue weighted by Crippen LogP contribution is -2.58. The molecule has 10 heteroatoms. The van der Waals surface area contributed by atoms with Gasteiger partial charge < -0.3 is 31.8 Å². The van der Waals surface area contributed by atoms with Gasteiger partial charge in [-0.05, 0) is 29.9 Å². The number of aromatic amines is 1. The van der Waals surface area contributed by atoms with E-state index in [1.165, 1.54) is 0 Å². The van der Waals surface area contributed by atoms with Gasteiger partial charge in [0.15, 0.2) is 0 Å². The van der Waals surface area contributed by atoms with Crippen LogP contribution < -0.4 is 21.7 Å². The molecule has 2 aromatic rings. The van der Waals surface area contributed by atoms with E-state index in [1.807, 2.05) is 45.0 Å². The minimum Gasteiger partial charge on any atom is -0.480 e. The van der Waals surface area contributed by atoms with Gasteiger partial charge in [0.25, 0.3) is 0 Å². The number of carboxylic acid groups (broad SMARTS) is 1. The Hall–Kier alpha value is -3.40. The molecule has 1 aromatic heterocycles. The number of fused-ring (bicyclic) bond motifs is 1. The Bertz CT molecular complexity index is 1030. The number of rotatable bonds is 13. The minimum absolute atomic E-state index is 0.0782. The smallest absolute Gasteiger partial charge is 0.326 e. The van der Waals surface area contributed by atoms with E-state index in [1.54, 1.807) is 13.1 Å². The van der Waals surface area contributed by atoms with Gasteiger partial charge in [0.2, 0.25) is 17.7 Å². The van der Waals surface area contributed by atoms with Gasteiger partial charge in [0.1, 0.15) is 18.1 Å². The summed E-state index contributed by atoms with van der Waals surface area (Å²) in [5, 5.41) is 18.6. The fourth-order valence-electron chi connectivity index (χ4n) is 3.89. The average molecular weight is 488 g/mol. The summed E-state index contributed by atoms with van der Waals surface area (Å²) in [6.45, 7) is 7.24. The molecule has 3 amide bonds. The number of benzene rings is 1. The van der Waals surface area contributed by atoms with Gasteiger partial charge in [-0.1, -0.05) is 52.3 Å². The lowest BCUT2D eigenvalue weighted by atomic mass is 9.96. The number of H-pyrrole nitrogens is 1. The standard InChI is InChI=1S/C25H37N5O5/c1-5-15(4)22(30-23(32)19(10-14(2)3)28-21(31)12-26)24(33)29-20(25(34)35)11-16-13-27-18-9-7-6-8-17(16)18/h6-9,13-15,19-20,22,27H,5,10-12,26H2,1-4H3,(H,28,31)(H,29,33)(H,30,32)(H,34,35). The zero-order valence-electron chi connectivity index (χ0n) is 20.8. The van der Waals surface area contributed by atoms with Crippen molar-refractivity contribution in [1.29, 1.82) is 0 Å². The van der Waals surface area contributed by atoms with Crippen molar-refractivity contribution in [3.63, 3.8) is 0 Å². The molecule has 0 aliphatic heterocycles. The minimum atomic E-state index is -1.19. The van der Waals surface area contributed by atoms with E-state index >= 15 is 0 Å². The highest BCUT2D eigenvalue weighted by atomic mass is 16.4. The van der Waals surface area contributed by atoms with Crippen molar-refractivity contribution in [3.8, 4) is 0 Å². The molecule has 1 aromatic carbocycles. The van der Waals surface area contributed by atoms with Crippen LogP contribution in [-0.4, -0.2) is 58.5 Å². The van der Waals surface area contributed by atoms with Crippen LogP contribution in [0.1, 0.15) is 46.1 Å². The topological polar surface area (TPSA) is 166 Å². The van der Waals surface area contributed by atoms with Crippen molar-refractivity contribution in [2.75, 3.05) is 6.54 Å². The van der Waals surface area contributed by atoms with E-state index in [4.69, 9.17) is 5.73 Å². The predicted molar refractivity (Wildman–Crippen MR) is 133 cm³/mol.